The fraction of sp³-hybridized carbons (Fsp3) is 0.160. The Hall–Kier alpha value is -3.93. The van der Waals surface area contributed by atoms with E-state index in [-0.39, 0.29) is 6.54 Å². The van der Waals surface area contributed by atoms with Crippen LogP contribution in [0.3, 0.4) is 0 Å². The summed E-state index contributed by atoms with van der Waals surface area (Å²) in [6.07, 6.45) is 0. The Bertz CT molecular complexity index is 1040. The molecule has 0 saturated carbocycles. The smallest absolute Gasteiger partial charge is 0.334 e. The average molecular weight is 416 g/mol. The van der Waals surface area contributed by atoms with Gasteiger partial charge in [-0.15, -0.1) is 0 Å². The van der Waals surface area contributed by atoms with Crippen molar-refractivity contribution in [2.45, 2.75) is 19.0 Å². The van der Waals surface area contributed by atoms with Crippen LogP contribution in [0.2, 0.25) is 0 Å². The highest BCUT2D eigenvalue weighted by Gasteiger charge is 2.50. The third-order valence-electron chi connectivity index (χ3n) is 5.27. The molecule has 2 atom stereocenters. The quantitative estimate of drug-likeness (QED) is 0.525. The zero-order chi connectivity index (χ0) is 22.3. The van der Waals surface area contributed by atoms with E-state index >= 15 is 0 Å². The molecule has 2 amide bonds. The molecule has 0 aromatic heterocycles. The standard InChI is InChI=1S/C25H24N2O4/c1-18(22(28)26-17-19-11-5-2-6-12-19)25(24(30)31,21-15-9-4-10-16-21)27-23(29)20-13-7-3-8-14-20/h2-16,18H,17H2,1H3,(H,26,28)(H,27,29)(H,30,31). The molecular weight excluding hydrogens is 392 g/mol. The number of aliphatic carboxylic acids is 1. The van der Waals surface area contributed by atoms with Gasteiger partial charge in [-0.05, 0) is 23.3 Å². The molecule has 3 aromatic carbocycles. The Balaban J connectivity index is 1.95. The van der Waals surface area contributed by atoms with Crippen LogP contribution in [-0.2, 0) is 21.7 Å². The van der Waals surface area contributed by atoms with Gasteiger partial charge in [0.2, 0.25) is 5.91 Å². The van der Waals surface area contributed by atoms with Crippen molar-refractivity contribution in [1.29, 1.82) is 0 Å². The fourth-order valence-corrected chi connectivity index (χ4v) is 3.47. The first-order valence-corrected chi connectivity index (χ1v) is 9.93. The van der Waals surface area contributed by atoms with E-state index in [1.807, 2.05) is 30.3 Å². The van der Waals surface area contributed by atoms with Crippen LogP contribution < -0.4 is 10.6 Å². The fourth-order valence-electron chi connectivity index (χ4n) is 3.47. The van der Waals surface area contributed by atoms with Gasteiger partial charge in [0.1, 0.15) is 0 Å². The summed E-state index contributed by atoms with van der Waals surface area (Å²) < 4.78 is 0. The maximum absolute atomic E-state index is 13.0. The molecular formula is C25H24N2O4. The molecule has 0 aliphatic carbocycles. The maximum atomic E-state index is 13.0. The summed E-state index contributed by atoms with van der Waals surface area (Å²) in [7, 11) is 0. The number of nitrogens with one attached hydrogen (secondary N) is 2. The molecule has 31 heavy (non-hydrogen) atoms. The topological polar surface area (TPSA) is 95.5 Å². The van der Waals surface area contributed by atoms with E-state index in [1.165, 1.54) is 6.92 Å². The molecule has 0 aliphatic rings. The first kappa shape index (κ1) is 21.8. The summed E-state index contributed by atoms with van der Waals surface area (Å²) in [5.74, 6) is -3.47. The molecule has 0 bridgehead atoms. The number of carbonyl (C=O) groups is 3. The number of carbonyl (C=O) groups excluding carboxylic acids is 2. The number of benzene rings is 3. The molecule has 3 N–H and O–H groups in total. The van der Waals surface area contributed by atoms with Crippen molar-refractivity contribution in [2.75, 3.05) is 0 Å². The molecule has 3 aromatic rings. The third kappa shape index (κ3) is 4.80. The van der Waals surface area contributed by atoms with Gasteiger partial charge < -0.3 is 15.7 Å². The second kappa shape index (κ2) is 9.71. The Labute approximate surface area is 180 Å². The number of rotatable bonds is 8. The van der Waals surface area contributed by atoms with Gasteiger partial charge in [-0.2, -0.15) is 0 Å². The average Bonchev–Trinajstić information content (AvgIpc) is 2.82. The summed E-state index contributed by atoms with van der Waals surface area (Å²) in [6, 6.07) is 25.9. The molecule has 158 valence electrons. The second-order valence-corrected chi connectivity index (χ2v) is 7.22. The lowest BCUT2D eigenvalue weighted by molar-refractivity contribution is -0.151. The lowest BCUT2D eigenvalue weighted by atomic mass is 9.77. The molecule has 0 aliphatic heterocycles. The minimum Gasteiger partial charge on any atom is -0.479 e. The van der Waals surface area contributed by atoms with Gasteiger partial charge in [-0.25, -0.2) is 4.79 Å². The highest BCUT2D eigenvalue weighted by molar-refractivity contribution is 6.00. The molecule has 2 unspecified atom stereocenters. The van der Waals surface area contributed by atoms with Gasteiger partial charge in [0.15, 0.2) is 5.54 Å². The van der Waals surface area contributed by atoms with E-state index in [0.717, 1.165) is 5.56 Å². The predicted octanol–water partition coefficient (Wildman–Crippen LogP) is 3.35. The lowest BCUT2D eigenvalue weighted by Crippen LogP contribution is -2.59. The van der Waals surface area contributed by atoms with Gasteiger partial charge >= 0.3 is 5.97 Å². The number of carboxylic acid groups (broad SMARTS) is 1. The van der Waals surface area contributed by atoms with Crippen molar-refractivity contribution in [1.82, 2.24) is 10.6 Å². The van der Waals surface area contributed by atoms with E-state index < -0.39 is 29.2 Å². The monoisotopic (exact) mass is 416 g/mol. The van der Waals surface area contributed by atoms with Crippen molar-refractivity contribution < 1.29 is 19.5 Å². The molecule has 3 rings (SSSR count). The summed E-state index contributed by atoms with van der Waals surface area (Å²) in [4.78, 5) is 38.6. The number of hydrogen-bond acceptors (Lipinski definition) is 3. The van der Waals surface area contributed by atoms with Gasteiger partial charge in [0.25, 0.3) is 5.91 Å². The van der Waals surface area contributed by atoms with Crippen molar-refractivity contribution in [2.24, 2.45) is 5.92 Å². The Morgan fingerprint density at radius 1 is 0.839 bits per heavy atom. The molecule has 6 nitrogen and oxygen atoms in total. The minimum absolute atomic E-state index is 0.251. The molecule has 0 heterocycles. The van der Waals surface area contributed by atoms with Crippen molar-refractivity contribution in [3.05, 3.63) is 108 Å². The predicted molar refractivity (Wildman–Crippen MR) is 117 cm³/mol. The van der Waals surface area contributed by atoms with Crippen LogP contribution in [0.25, 0.3) is 0 Å². The number of hydrogen-bond donors (Lipinski definition) is 3. The van der Waals surface area contributed by atoms with Crippen LogP contribution in [0.5, 0.6) is 0 Å². The Morgan fingerprint density at radius 3 is 1.90 bits per heavy atom. The first-order chi connectivity index (χ1) is 14.9. The summed E-state index contributed by atoms with van der Waals surface area (Å²) >= 11 is 0. The zero-order valence-corrected chi connectivity index (χ0v) is 17.1. The van der Waals surface area contributed by atoms with Crippen LogP contribution in [0.1, 0.15) is 28.4 Å². The van der Waals surface area contributed by atoms with E-state index in [4.69, 9.17) is 0 Å². The van der Waals surface area contributed by atoms with E-state index in [1.54, 1.807) is 60.7 Å². The highest BCUT2D eigenvalue weighted by atomic mass is 16.4. The van der Waals surface area contributed by atoms with Crippen molar-refractivity contribution in [3.63, 3.8) is 0 Å². The van der Waals surface area contributed by atoms with Crippen LogP contribution in [0.15, 0.2) is 91.0 Å². The van der Waals surface area contributed by atoms with Gasteiger partial charge in [-0.1, -0.05) is 85.8 Å². The van der Waals surface area contributed by atoms with E-state index in [0.29, 0.717) is 11.1 Å². The normalized spacial score (nSPS) is 13.5. The zero-order valence-electron chi connectivity index (χ0n) is 17.1. The SMILES string of the molecule is CC(C(=O)NCc1ccccc1)C(NC(=O)c1ccccc1)(C(=O)O)c1ccccc1. The first-order valence-electron chi connectivity index (χ1n) is 9.93. The third-order valence-corrected chi connectivity index (χ3v) is 5.27. The Kier molecular flexibility index (Phi) is 6.82. The van der Waals surface area contributed by atoms with Crippen LogP contribution in [0.4, 0.5) is 0 Å². The van der Waals surface area contributed by atoms with Gasteiger partial charge in [0.05, 0.1) is 5.92 Å². The molecule has 0 saturated heterocycles. The van der Waals surface area contributed by atoms with Gasteiger partial charge in [-0.3, -0.25) is 9.59 Å². The van der Waals surface area contributed by atoms with Crippen LogP contribution in [0, 0.1) is 5.92 Å². The summed E-state index contributed by atoms with van der Waals surface area (Å²) in [5.41, 5.74) is -0.443. The minimum atomic E-state index is -1.95. The van der Waals surface area contributed by atoms with E-state index in [2.05, 4.69) is 10.6 Å². The highest BCUT2D eigenvalue weighted by Crippen LogP contribution is 2.31. The molecule has 0 radical (unpaired) electrons. The Morgan fingerprint density at radius 2 is 1.35 bits per heavy atom. The second-order valence-electron chi connectivity index (χ2n) is 7.22. The maximum Gasteiger partial charge on any atom is 0.334 e. The van der Waals surface area contributed by atoms with Gasteiger partial charge in [0, 0.05) is 12.1 Å². The van der Waals surface area contributed by atoms with Crippen LogP contribution in [-0.4, -0.2) is 22.9 Å². The van der Waals surface area contributed by atoms with Crippen LogP contribution >= 0.6 is 0 Å². The number of amides is 2. The summed E-state index contributed by atoms with van der Waals surface area (Å²) in [6.45, 7) is 1.76. The van der Waals surface area contributed by atoms with E-state index in [9.17, 15) is 19.5 Å². The lowest BCUT2D eigenvalue weighted by Gasteiger charge is -2.35. The molecule has 6 heteroatoms. The van der Waals surface area contributed by atoms with Crippen molar-refractivity contribution in [3.8, 4) is 0 Å². The molecule has 0 fully saturated rings. The van der Waals surface area contributed by atoms with Crippen molar-refractivity contribution >= 4 is 17.8 Å². The number of carboxylic acids is 1. The summed E-state index contributed by atoms with van der Waals surface area (Å²) in [5, 5.41) is 15.7. The largest absolute Gasteiger partial charge is 0.479 e. The molecule has 0 spiro atoms.